The second kappa shape index (κ2) is 5.49. The van der Waals surface area contributed by atoms with E-state index in [0.717, 1.165) is 16.6 Å². The van der Waals surface area contributed by atoms with E-state index in [9.17, 15) is 9.59 Å². The Kier molecular flexibility index (Phi) is 3.93. The lowest BCUT2D eigenvalue weighted by atomic mass is 10.0. The zero-order chi connectivity index (χ0) is 14.9. The highest BCUT2D eigenvalue weighted by atomic mass is 16.5. The zero-order valence-corrected chi connectivity index (χ0v) is 12.3. The molecule has 20 heavy (non-hydrogen) atoms. The third-order valence-electron chi connectivity index (χ3n) is 3.31. The Balaban J connectivity index is 2.69. The molecule has 2 aromatic rings. The van der Waals surface area contributed by atoms with Crippen LogP contribution >= 0.6 is 0 Å². The summed E-state index contributed by atoms with van der Waals surface area (Å²) in [7, 11) is 0. The van der Waals surface area contributed by atoms with Gasteiger partial charge < -0.3 is 9.30 Å². The van der Waals surface area contributed by atoms with Gasteiger partial charge in [-0.25, -0.2) is 0 Å². The number of carbonyl (C=O) groups is 1. The van der Waals surface area contributed by atoms with Gasteiger partial charge in [0.2, 0.25) is 0 Å². The number of pyridine rings is 1. The van der Waals surface area contributed by atoms with Gasteiger partial charge in [-0.2, -0.15) is 0 Å². The van der Waals surface area contributed by atoms with Crippen LogP contribution in [0.15, 0.2) is 23.1 Å². The number of ether oxygens (including phenoxy) is 1. The molecule has 2 rings (SSSR count). The average molecular weight is 273 g/mol. The monoisotopic (exact) mass is 273 g/mol. The number of aryl methyl sites for hydroxylation is 3. The largest absolute Gasteiger partial charge is 0.465 e. The number of aromatic nitrogens is 1. The summed E-state index contributed by atoms with van der Waals surface area (Å²) in [6, 6.07) is 3.92. The Hall–Kier alpha value is -2.10. The molecular weight excluding hydrogens is 254 g/mol. The highest BCUT2D eigenvalue weighted by Crippen LogP contribution is 2.18. The molecule has 4 nitrogen and oxygen atoms in total. The quantitative estimate of drug-likeness (QED) is 0.807. The van der Waals surface area contributed by atoms with Gasteiger partial charge in [0.1, 0.15) is 6.54 Å². The Bertz CT molecular complexity index is 729. The van der Waals surface area contributed by atoms with Crippen molar-refractivity contribution in [2.75, 3.05) is 6.61 Å². The third kappa shape index (κ3) is 2.59. The number of fused-ring (bicyclic) bond motifs is 1. The SMILES string of the molecule is CCOC(=O)Cn1cc(C)c(=O)c2c(C)cc(C)cc21. The Morgan fingerprint density at radius 3 is 2.55 bits per heavy atom. The molecular formula is C16H19NO3. The minimum atomic E-state index is -0.295. The fourth-order valence-electron chi connectivity index (χ4n) is 2.50. The van der Waals surface area contributed by atoms with Gasteiger partial charge in [0.15, 0.2) is 5.43 Å². The molecule has 1 aromatic carbocycles. The average Bonchev–Trinajstić information content (AvgIpc) is 2.35. The topological polar surface area (TPSA) is 48.3 Å². The Labute approximate surface area is 118 Å². The summed E-state index contributed by atoms with van der Waals surface area (Å²) >= 11 is 0. The molecule has 0 saturated carbocycles. The minimum Gasteiger partial charge on any atom is -0.465 e. The number of benzene rings is 1. The molecule has 4 heteroatoms. The van der Waals surface area contributed by atoms with Crippen molar-refractivity contribution in [3.8, 4) is 0 Å². The van der Waals surface area contributed by atoms with E-state index in [1.807, 2.05) is 26.0 Å². The van der Waals surface area contributed by atoms with Crippen LogP contribution < -0.4 is 5.43 Å². The van der Waals surface area contributed by atoms with Crippen molar-refractivity contribution in [1.82, 2.24) is 4.57 Å². The highest BCUT2D eigenvalue weighted by Gasteiger charge is 2.12. The van der Waals surface area contributed by atoms with Crippen LogP contribution in [0.2, 0.25) is 0 Å². The molecule has 0 N–H and O–H groups in total. The van der Waals surface area contributed by atoms with Crippen molar-refractivity contribution in [1.29, 1.82) is 0 Å². The van der Waals surface area contributed by atoms with Crippen LogP contribution in [0.5, 0.6) is 0 Å². The van der Waals surface area contributed by atoms with Crippen LogP contribution in [0.1, 0.15) is 23.6 Å². The Morgan fingerprint density at radius 1 is 1.20 bits per heavy atom. The molecule has 0 atom stereocenters. The zero-order valence-electron chi connectivity index (χ0n) is 12.3. The molecule has 1 heterocycles. The number of esters is 1. The van der Waals surface area contributed by atoms with Gasteiger partial charge in [-0.05, 0) is 44.9 Å². The predicted molar refractivity (Wildman–Crippen MR) is 79.1 cm³/mol. The first kappa shape index (κ1) is 14.3. The molecule has 0 bridgehead atoms. The fraction of sp³-hybridized carbons (Fsp3) is 0.375. The van der Waals surface area contributed by atoms with Crippen LogP contribution in [-0.2, 0) is 16.1 Å². The standard InChI is InChI=1S/C16H19NO3/c1-5-20-14(18)9-17-8-12(4)16(19)15-11(3)6-10(2)7-13(15)17/h6-8H,5,9H2,1-4H3. The molecule has 0 aliphatic carbocycles. The minimum absolute atomic E-state index is 0.0256. The molecule has 0 unspecified atom stereocenters. The van der Waals surface area contributed by atoms with Gasteiger partial charge in [-0.3, -0.25) is 9.59 Å². The van der Waals surface area contributed by atoms with Crippen molar-refractivity contribution in [2.24, 2.45) is 0 Å². The first-order chi connectivity index (χ1) is 9.43. The van der Waals surface area contributed by atoms with Gasteiger partial charge >= 0.3 is 5.97 Å². The van der Waals surface area contributed by atoms with E-state index in [0.29, 0.717) is 17.6 Å². The van der Waals surface area contributed by atoms with E-state index in [-0.39, 0.29) is 17.9 Å². The van der Waals surface area contributed by atoms with Crippen LogP contribution in [0.25, 0.3) is 10.9 Å². The van der Waals surface area contributed by atoms with Crippen molar-refractivity contribution in [2.45, 2.75) is 34.2 Å². The van der Waals surface area contributed by atoms with Crippen molar-refractivity contribution >= 4 is 16.9 Å². The molecule has 0 aliphatic rings. The summed E-state index contributed by atoms with van der Waals surface area (Å²) in [5, 5.41) is 0.680. The van der Waals surface area contributed by atoms with E-state index in [1.165, 1.54) is 0 Å². The van der Waals surface area contributed by atoms with Gasteiger partial charge in [-0.15, -0.1) is 0 Å². The van der Waals surface area contributed by atoms with Crippen molar-refractivity contribution in [3.05, 3.63) is 45.2 Å². The maximum absolute atomic E-state index is 12.3. The van der Waals surface area contributed by atoms with Gasteiger partial charge in [0.25, 0.3) is 0 Å². The van der Waals surface area contributed by atoms with E-state index in [4.69, 9.17) is 4.74 Å². The van der Waals surface area contributed by atoms with Crippen LogP contribution in [0, 0.1) is 20.8 Å². The lowest BCUT2D eigenvalue weighted by molar-refractivity contribution is -0.143. The normalized spacial score (nSPS) is 10.8. The van der Waals surface area contributed by atoms with E-state index >= 15 is 0 Å². The molecule has 0 spiro atoms. The second-order valence-electron chi connectivity index (χ2n) is 5.05. The van der Waals surface area contributed by atoms with E-state index < -0.39 is 0 Å². The summed E-state index contributed by atoms with van der Waals surface area (Å²) in [6.07, 6.45) is 1.72. The van der Waals surface area contributed by atoms with E-state index in [2.05, 4.69) is 0 Å². The van der Waals surface area contributed by atoms with Gasteiger partial charge in [-0.1, -0.05) is 6.07 Å². The molecule has 106 valence electrons. The summed E-state index contributed by atoms with van der Waals surface area (Å²) in [6.45, 7) is 7.92. The summed E-state index contributed by atoms with van der Waals surface area (Å²) in [5.74, 6) is -0.295. The first-order valence-corrected chi connectivity index (χ1v) is 6.70. The maximum Gasteiger partial charge on any atom is 0.325 e. The van der Waals surface area contributed by atoms with Crippen LogP contribution in [0.3, 0.4) is 0 Å². The molecule has 0 aliphatic heterocycles. The third-order valence-corrected chi connectivity index (χ3v) is 3.31. The summed E-state index contributed by atoms with van der Waals surface area (Å²) < 4.78 is 6.78. The number of nitrogens with zero attached hydrogens (tertiary/aromatic N) is 1. The molecule has 0 radical (unpaired) electrons. The molecule has 0 fully saturated rings. The molecule has 0 amide bonds. The molecule has 1 aromatic heterocycles. The maximum atomic E-state index is 12.3. The predicted octanol–water partition coefficient (Wildman–Crippen LogP) is 2.49. The van der Waals surface area contributed by atoms with Crippen LogP contribution in [-0.4, -0.2) is 17.1 Å². The Morgan fingerprint density at radius 2 is 1.90 bits per heavy atom. The molecule has 0 saturated heterocycles. The number of hydrogen-bond acceptors (Lipinski definition) is 3. The first-order valence-electron chi connectivity index (χ1n) is 6.70. The van der Waals surface area contributed by atoms with E-state index in [1.54, 1.807) is 24.6 Å². The summed E-state index contributed by atoms with van der Waals surface area (Å²) in [4.78, 5) is 24.0. The number of rotatable bonds is 3. The smallest absolute Gasteiger partial charge is 0.325 e. The summed E-state index contributed by atoms with van der Waals surface area (Å²) in [5.41, 5.74) is 3.44. The van der Waals surface area contributed by atoms with Crippen molar-refractivity contribution in [3.63, 3.8) is 0 Å². The number of carbonyl (C=O) groups excluding carboxylic acids is 1. The van der Waals surface area contributed by atoms with Gasteiger partial charge in [0.05, 0.1) is 12.1 Å². The lowest BCUT2D eigenvalue weighted by Gasteiger charge is -2.13. The van der Waals surface area contributed by atoms with Crippen molar-refractivity contribution < 1.29 is 9.53 Å². The van der Waals surface area contributed by atoms with Crippen LogP contribution in [0.4, 0.5) is 0 Å². The second-order valence-corrected chi connectivity index (χ2v) is 5.05. The highest BCUT2D eigenvalue weighted by molar-refractivity contribution is 5.85. The lowest BCUT2D eigenvalue weighted by Crippen LogP contribution is -2.18. The fourth-order valence-corrected chi connectivity index (χ4v) is 2.50. The van der Waals surface area contributed by atoms with Gasteiger partial charge in [0, 0.05) is 17.1 Å². The number of hydrogen-bond donors (Lipinski definition) is 0.